The van der Waals surface area contributed by atoms with Crippen molar-refractivity contribution in [2.45, 2.75) is 20.0 Å². The Balaban J connectivity index is 2.04. The summed E-state index contributed by atoms with van der Waals surface area (Å²) in [6.07, 6.45) is -1.06. The van der Waals surface area contributed by atoms with E-state index in [4.69, 9.17) is 14.2 Å². The molecule has 148 valence electrons. The van der Waals surface area contributed by atoms with E-state index in [1.165, 1.54) is 28.1 Å². The maximum absolute atomic E-state index is 12.5. The van der Waals surface area contributed by atoms with Gasteiger partial charge in [0.1, 0.15) is 17.1 Å². The summed E-state index contributed by atoms with van der Waals surface area (Å²) in [6.45, 7) is 2.86. The van der Waals surface area contributed by atoms with Gasteiger partial charge in [0.15, 0.2) is 6.10 Å². The highest BCUT2D eigenvalue weighted by atomic mass is 16.6. The summed E-state index contributed by atoms with van der Waals surface area (Å²) in [5.74, 6) is -0.868. The van der Waals surface area contributed by atoms with Gasteiger partial charge in [0, 0.05) is 18.3 Å². The molecule has 0 aliphatic heterocycles. The van der Waals surface area contributed by atoms with Crippen LogP contribution in [0.4, 0.5) is 11.4 Å². The highest BCUT2D eigenvalue weighted by Crippen LogP contribution is 2.29. The Morgan fingerprint density at radius 1 is 0.857 bits per heavy atom. The predicted octanol–water partition coefficient (Wildman–Crippen LogP) is 2.85. The van der Waals surface area contributed by atoms with Crippen LogP contribution in [0.25, 0.3) is 0 Å². The number of carbonyl (C=O) groups excluding carboxylic acids is 3. The first-order valence-electron chi connectivity index (χ1n) is 8.46. The molecule has 0 fully saturated rings. The van der Waals surface area contributed by atoms with Crippen molar-refractivity contribution in [3.8, 4) is 11.5 Å². The first-order chi connectivity index (χ1) is 13.3. The molecule has 0 saturated heterocycles. The third kappa shape index (κ3) is 5.23. The van der Waals surface area contributed by atoms with Crippen LogP contribution in [0.15, 0.2) is 42.5 Å². The summed E-state index contributed by atoms with van der Waals surface area (Å²) in [4.78, 5) is 35.9. The summed E-state index contributed by atoms with van der Waals surface area (Å²) in [7, 11) is 2.85. The van der Waals surface area contributed by atoms with Crippen molar-refractivity contribution in [3.63, 3.8) is 0 Å². The summed E-state index contributed by atoms with van der Waals surface area (Å²) in [5.41, 5.74) is 1.21. The number of esters is 1. The molecule has 0 aromatic heterocycles. The van der Waals surface area contributed by atoms with Crippen molar-refractivity contribution in [2.75, 3.05) is 24.9 Å². The highest BCUT2D eigenvalue weighted by molar-refractivity contribution is 6.00. The second kappa shape index (κ2) is 9.40. The molecule has 2 N–H and O–H groups in total. The number of carbonyl (C=O) groups is 3. The van der Waals surface area contributed by atoms with Crippen molar-refractivity contribution in [3.05, 3.63) is 48.0 Å². The van der Waals surface area contributed by atoms with Gasteiger partial charge < -0.3 is 24.8 Å². The van der Waals surface area contributed by atoms with Crippen LogP contribution in [0.1, 0.15) is 24.2 Å². The minimum absolute atomic E-state index is 0.104. The zero-order valence-electron chi connectivity index (χ0n) is 16.1. The lowest BCUT2D eigenvalue weighted by molar-refractivity contribution is -0.123. The summed E-state index contributed by atoms with van der Waals surface area (Å²) in [5, 5.41) is 5.27. The molecular weight excluding hydrogens is 364 g/mol. The minimum atomic E-state index is -1.06. The molecule has 8 nitrogen and oxygen atoms in total. The van der Waals surface area contributed by atoms with Crippen LogP contribution in [0, 0.1) is 0 Å². The van der Waals surface area contributed by atoms with Crippen LogP contribution in [-0.4, -0.2) is 38.1 Å². The molecule has 2 rings (SSSR count). The summed E-state index contributed by atoms with van der Waals surface area (Å²) in [6, 6.07) is 11.4. The second-order valence-electron chi connectivity index (χ2n) is 5.83. The lowest BCUT2D eigenvalue weighted by atomic mass is 10.1. The first kappa shape index (κ1) is 20.8. The lowest BCUT2D eigenvalue weighted by Gasteiger charge is -2.16. The van der Waals surface area contributed by atoms with Gasteiger partial charge in [0.25, 0.3) is 5.91 Å². The van der Waals surface area contributed by atoms with Crippen LogP contribution >= 0.6 is 0 Å². The second-order valence-corrected chi connectivity index (χ2v) is 5.83. The normalized spacial score (nSPS) is 11.1. The number of methoxy groups -OCH3 is 2. The van der Waals surface area contributed by atoms with Crippen LogP contribution in [-0.2, 0) is 14.3 Å². The van der Waals surface area contributed by atoms with Gasteiger partial charge >= 0.3 is 5.97 Å². The van der Waals surface area contributed by atoms with Crippen LogP contribution < -0.4 is 20.1 Å². The number of hydrogen-bond acceptors (Lipinski definition) is 6. The molecule has 0 aliphatic carbocycles. The molecule has 0 bridgehead atoms. The number of anilines is 2. The van der Waals surface area contributed by atoms with Gasteiger partial charge in [0.05, 0.1) is 14.2 Å². The zero-order chi connectivity index (χ0) is 20.7. The smallest absolute Gasteiger partial charge is 0.346 e. The SMILES string of the molecule is COc1cccc(OC)c1C(=O)O[C@@H](C)C(=O)Nc1ccc(NC(C)=O)cc1. The molecule has 0 radical (unpaired) electrons. The Morgan fingerprint density at radius 2 is 1.36 bits per heavy atom. The molecule has 0 heterocycles. The maximum Gasteiger partial charge on any atom is 0.346 e. The fourth-order valence-electron chi connectivity index (χ4n) is 2.41. The van der Waals surface area contributed by atoms with Gasteiger partial charge in [-0.05, 0) is 43.3 Å². The number of nitrogens with one attached hydrogen (secondary N) is 2. The van der Waals surface area contributed by atoms with E-state index >= 15 is 0 Å². The maximum atomic E-state index is 12.5. The van der Waals surface area contributed by atoms with Gasteiger partial charge in [0.2, 0.25) is 5.91 Å². The molecule has 0 spiro atoms. The van der Waals surface area contributed by atoms with Gasteiger partial charge in [-0.2, -0.15) is 0 Å². The Bertz CT molecular complexity index is 841. The van der Waals surface area contributed by atoms with Crippen LogP contribution in [0.3, 0.4) is 0 Å². The minimum Gasteiger partial charge on any atom is -0.496 e. The van der Waals surface area contributed by atoms with Crippen molar-refractivity contribution in [2.24, 2.45) is 0 Å². The third-order valence-electron chi connectivity index (χ3n) is 3.76. The summed E-state index contributed by atoms with van der Waals surface area (Å²) < 4.78 is 15.6. The number of benzene rings is 2. The Kier molecular flexibility index (Phi) is 6.97. The third-order valence-corrected chi connectivity index (χ3v) is 3.76. The Hall–Kier alpha value is -3.55. The van der Waals surface area contributed by atoms with E-state index in [1.54, 1.807) is 42.5 Å². The van der Waals surface area contributed by atoms with E-state index in [1.807, 2.05) is 0 Å². The van der Waals surface area contributed by atoms with Gasteiger partial charge in [-0.25, -0.2) is 4.79 Å². The van der Waals surface area contributed by atoms with Gasteiger partial charge in [-0.3, -0.25) is 9.59 Å². The number of ether oxygens (including phenoxy) is 3. The van der Waals surface area contributed by atoms with Crippen molar-refractivity contribution < 1.29 is 28.6 Å². The topological polar surface area (TPSA) is 103 Å². The van der Waals surface area contributed by atoms with Crippen molar-refractivity contribution in [1.82, 2.24) is 0 Å². The fraction of sp³-hybridized carbons (Fsp3) is 0.250. The van der Waals surface area contributed by atoms with E-state index in [2.05, 4.69) is 10.6 Å². The molecule has 1 atom stereocenters. The van der Waals surface area contributed by atoms with E-state index in [0.717, 1.165) is 0 Å². The fourth-order valence-corrected chi connectivity index (χ4v) is 2.41. The van der Waals surface area contributed by atoms with Crippen molar-refractivity contribution >= 4 is 29.2 Å². The van der Waals surface area contributed by atoms with E-state index in [9.17, 15) is 14.4 Å². The van der Waals surface area contributed by atoms with E-state index < -0.39 is 18.0 Å². The largest absolute Gasteiger partial charge is 0.496 e. The predicted molar refractivity (Wildman–Crippen MR) is 104 cm³/mol. The zero-order valence-corrected chi connectivity index (χ0v) is 16.1. The molecule has 0 saturated carbocycles. The number of amides is 2. The average molecular weight is 386 g/mol. The molecule has 2 aromatic carbocycles. The molecule has 2 amide bonds. The van der Waals surface area contributed by atoms with E-state index in [0.29, 0.717) is 11.4 Å². The average Bonchev–Trinajstić information content (AvgIpc) is 2.68. The lowest BCUT2D eigenvalue weighted by Crippen LogP contribution is -2.30. The molecule has 8 heteroatoms. The standard InChI is InChI=1S/C20H22N2O6/c1-12(19(24)22-15-10-8-14(9-11-15)21-13(2)23)28-20(25)18-16(26-3)6-5-7-17(18)27-4/h5-12H,1-4H3,(H,21,23)(H,22,24)/t12-/m0/s1. The summed E-state index contributed by atoms with van der Waals surface area (Å²) >= 11 is 0. The molecule has 28 heavy (non-hydrogen) atoms. The molecule has 2 aromatic rings. The van der Waals surface area contributed by atoms with Gasteiger partial charge in [-0.1, -0.05) is 6.07 Å². The van der Waals surface area contributed by atoms with E-state index in [-0.39, 0.29) is 23.0 Å². The van der Waals surface area contributed by atoms with Gasteiger partial charge in [-0.15, -0.1) is 0 Å². The van der Waals surface area contributed by atoms with Crippen LogP contribution in [0.2, 0.25) is 0 Å². The molecular formula is C20H22N2O6. The highest BCUT2D eigenvalue weighted by Gasteiger charge is 2.24. The number of hydrogen-bond donors (Lipinski definition) is 2. The Labute approximate surface area is 162 Å². The molecule has 0 aliphatic rings. The van der Waals surface area contributed by atoms with Crippen LogP contribution in [0.5, 0.6) is 11.5 Å². The number of rotatable bonds is 7. The molecule has 0 unspecified atom stereocenters. The monoisotopic (exact) mass is 386 g/mol. The quantitative estimate of drug-likeness (QED) is 0.710. The first-order valence-corrected chi connectivity index (χ1v) is 8.46. The Morgan fingerprint density at radius 3 is 1.82 bits per heavy atom. The van der Waals surface area contributed by atoms with Crippen molar-refractivity contribution in [1.29, 1.82) is 0 Å².